The molecule has 0 saturated heterocycles. The van der Waals surface area contributed by atoms with Gasteiger partial charge in [0.15, 0.2) is 0 Å². The standard InChI is InChI=1S/C18H38/c1-7-10-13-15(4)17(6)18(14-11-8-2)16(5)12-9-3/h15-18H,7-14H2,1-6H3. The van der Waals surface area contributed by atoms with Crippen LogP contribution >= 0.6 is 0 Å². The Bertz CT molecular complexity index is 173. The molecule has 0 fully saturated rings. The van der Waals surface area contributed by atoms with Crippen molar-refractivity contribution in [3.63, 3.8) is 0 Å². The minimum atomic E-state index is 0.907. The summed E-state index contributed by atoms with van der Waals surface area (Å²) >= 11 is 0. The van der Waals surface area contributed by atoms with Crippen LogP contribution < -0.4 is 0 Å². The van der Waals surface area contributed by atoms with Gasteiger partial charge in [0.2, 0.25) is 0 Å². The van der Waals surface area contributed by atoms with Crippen molar-refractivity contribution < 1.29 is 0 Å². The summed E-state index contributed by atoms with van der Waals surface area (Å²) in [5.74, 6) is 3.69. The fourth-order valence-corrected chi connectivity index (χ4v) is 3.39. The van der Waals surface area contributed by atoms with Gasteiger partial charge in [-0.05, 0) is 30.1 Å². The molecule has 0 N–H and O–H groups in total. The summed E-state index contributed by atoms with van der Waals surface area (Å²) in [5, 5.41) is 0. The highest BCUT2D eigenvalue weighted by atomic mass is 14.3. The van der Waals surface area contributed by atoms with Crippen LogP contribution in [0.3, 0.4) is 0 Å². The van der Waals surface area contributed by atoms with Crippen LogP contribution in [-0.4, -0.2) is 0 Å². The average molecular weight is 255 g/mol. The minimum absolute atomic E-state index is 0.907. The molecular weight excluding hydrogens is 216 g/mol. The van der Waals surface area contributed by atoms with Gasteiger partial charge in [-0.1, -0.05) is 86.5 Å². The van der Waals surface area contributed by atoms with Crippen LogP contribution in [-0.2, 0) is 0 Å². The lowest BCUT2D eigenvalue weighted by atomic mass is 9.72. The van der Waals surface area contributed by atoms with E-state index in [4.69, 9.17) is 0 Å². The third kappa shape index (κ3) is 6.81. The van der Waals surface area contributed by atoms with E-state index < -0.39 is 0 Å². The quantitative estimate of drug-likeness (QED) is 0.385. The summed E-state index contributed by atoms with van der Waals surface area (Å²) in [5.41, 5.74) is 0. The molecular formula is C18H38. The van der Waals surface area contributed by atoms with Gasteiger partial charge in [-0.2, -0.15) is 0 Å². The van der Waals surface area contributed by atoms with Gasteiger partial charge in [0.1, 0.15) is 0 Å². The van der Waals surface area contributed by atoms with Gasteiger partial charge in [0.05, 0.1) is 0 Å². The van der Waals surface area contributed by atoms with Crippen LogP contribution in [0.4, 0.5) is 0 Å². The number of hydrogen-bond acceptors (Lipinski definition) is 0. The van der Waals surface area contributed by atoms with E-state index in [0.717, 1.165) is 23.7 Å². The normalized spacial score (nSPS) is 18.3. The van der Waals surface area contributed by atoms with Crippen molar-refractivity contribution in [3.8, 4) is 0 Å². The molecule has 0 spiro atoms. The predicted octanol–water partition coefficient (Wildman–Crippen LogP) is 6.69. The molecule has 0 aromatic rings. The number of rotatable bonds is 11. The van der Waals surface area contributed by atoms with Crippen LogP contribution in [0.1, 0.15) is 92.9 Å². The molecule has 0 aliphatic rings. The second-order valence-corrected chi connectivity index (χ2v) is 6.55. The Morgan fingerprint density at radius 1 is 0.611 bits per heavy atom. The maximum absolute atomic E-state index is 2.52. The first-order valence-corrected chi connectivity index (χ1v) is 8.58. The molecule has 4 atom stereocenters. The highest BCUT2D eigenvalue weighted by molar-refractivity contribution is 4.76. The van der Waals surface area contributed by atoms with Crippen molar-refractivity contribution in [1.82, 2.24) is 0 Å². The van der Waals surface area contributed by atoms with Crippen LogP contribution in [0.15, 0.2) is 0 Å². The van der Waals surface area contributed by atoms with E-state index in [2.05, 4.69) is 41.5 Å². The average Bonchev–Trinajstić information content (AvgIpc) is 2.36. The Morgan fingerprint density at radius 3 is 1.67 bits per heavy atom. The maximum Gasteiger partial charge on any atom is -0.0360 e. The molecule has 0 heteroatoms. The Hall–Kier alpha value is 0. The lowest BCUT2D eigenvalue weighted by molar-refractivity contribution is 0.164. The zero-order valence-electron chi connectivity index (χ0n) is 14.0. The SMILES string of the molecule is CCCCC(C)C(C)C(CCCC)C(C)CCC. The molecule has 0 aliphatic heterocycles. The third-order valence-electron chi connectivity index (χ3n) is 4.95. The van der Waals surface area contributed by atoms with E-state index in [0.29, 0.717) is 0 Å². The summed E-state index contributed by atoms with van der Waals surface area (Å²) in [7, 11) is 0. The molecule has 0 aromatic heterocycles. The third-order valence-corrected chi connectivity index (χ3v) is 4.95. The van der Waals surface area contributed by atoms with E-state index in [1.165, 1.54) is 51.4 Å². The van der Waals surface area contributed by atoms with Gasteiger partial charge in [0.25, 0.3) is 0 Å². The van der Waals surface area contributed by atoms with Crippen LogP contribution in [0.5, 0.6) is 0 Å². The molecule has 0 nitrogen and oxygen atoms in total. The maximum atomic E-state index is 2.52. The van der Waals surface area contributed by atoms with Gasteiger partial charge >= 0.3 is 0 Å². The Morgan fingerprint density at radius 2 is 1.17 bits per heavy atom. The second-order valence-electron chi connectivity index (χ2n) is 6.55. The van der Waals surface area contributed by atoms with Crippen molar-refractivity contribution in [3.05, 3.63) is 0 Å². The Labute approximate surface area is 117 Å². The first kappa shape index (κ1) is 18.0. The zero-order chi connectivity index (χ0) is 14.0. The molecule has 0 radical (unpaired) electrons. The van der Waals surface area contributed by atoms with Gasteiger partial charge in [-0.25, -0.2) is 0 Å². The van der Waals surface area contributed by atoms with Gasteiger partial charge in [-0.3, -0.25) is 0 Å². The molecule has 4 unspecified atom stereocenters. The molecule has 0 aliphatic carbocycles. The van der Waals surface area contributed by atoms with Crippen LogP contribution in [0.25, 0.3) is 0 Å². The Kier molecular flexibility index (Phi) is 10.9. The summed E-state index contributed by atoms with van der Waals surface area (Å²) < 4.78 is 0. The molecule has 18 heavy (non-hydrogen) atoms. The topological polar surface area (TPSA) is 0 Å². The summed E-state index contributed by atoms with van der Waals surface area (Å²) in [6.45, 7) is 14.5. The number of hydrogen-bond donors (Lipinski definition) is 0. The fourth-order valence-electron chi connectivity index (χ4n) is 3.39. The van der Waals surface area contributed by atoms with Crippen LogP contribution in [0.2, 0.25) is 0 Å². The molecule has 0 amide bonds. The van der Waals surface area contributed by atoms with E-state index in [9.17, 15) is 0 Å². The molecule has 0 saturated carbocycles. The smallest absolute Gasteiger partial charge is 0.0360 e. The zero-order valence-corrected chi connectivity index (χ0v) is 14.0. The lowest BCUT2D eigenvalue weighted by Crippen LogP contribution is -2.25. The lowest BCUT2D eigenvalue weighted by Gasteiger charge is -2.33. The summed E-state index contributed by atoms with van der Waals surface area (Å²) in [6.07, 6.45) is 11.2. The van der Waals surface area contributed by atoms with Crippen molar-refractivity contribution in [2.75, 3.05) is 0 Å². The van der Waals surface area contributed by atoms with E-state index in [1.54, 1.807) is 0 Å². The van der Waals surface area contributed by atoms with E-state index in [-0.39, 0.29) is 0 Å². The van der Waals surface area contributed by atoms with Gasteiger partial charge in [-0.15, -0.1) is 0 Å². The first-order chi connectivity index (χ1) is 8.58. The van der Waals surface area contributed by atoms with Crippen molar-refractivity contribution in [2.24, 2.45) is 23.7 Å². The van der Waals surface area contributed by atoms with Gasteiger partial charge < -0.3 is 0 Å². The van der Waals surface area contributed by atoms with Crippen LogP contribution in [0, 0.1) is 23.7 Å². The molecule has 0 rings (SSSR count). The minimum Gasteiger partial charge on any atom is -0.0654 e. The molecule has 0 aromatic carbocycles. The Balaban J connectivity index is 4.40. The van der Waals surface area contributed by atoms with E-state index >= 15 is 0 Å². The largest absolute Gasteiger partial charge is 0.0654 e. The molecule has 0 bridgehead atoms. The molecule has 0 heterocycles. The number of unbranched alkanes of at least 4 members (excludes halogenated alkanes) is 2. The first-order valence-electron chi connectivity index (χ1n) is 8.58. The predicted molar refractivity (Wildman–Crippen MR) is 84.9 cm³/mol. The fraction of sp³-hybridized carbons (Fsp3) is 1.00. The molecule has 110 valence electrons. The van der Waals surface area contributed by atoms with Gasteiger partial charge in [0, 0.05) is 0 Å². The monoisotopic (exact) mass is 254 g/mol. The van der Waals surface area contributed by atoms with Crippen molar-refractivity contribution >= 4 is 0 Å². The van der Waals surface area contributed by atoms with Crippen molar-refractivity contribution in [2.45, 2.75) is 92.9 Å². The van der Waals surface area contributed by atoms with Crippen molar-refractivity contribution in [1.29, 1.82) is 0 Å². The van der Waals surface area contributed by atoms with E-state index in [1.807, 2.05) is 0 Å². The summed E-state index contributed by atoms with van der Waals surface area (Å²) in [6, 6.07) is 0. The highest BCUT2D eigenvalue weighted by Crippen LogP contribution is 2.35. The second kappa shape index (κ2) is 10.9. The summed E-state index contributed by atoms with van der Waals surface area (Å²) in [4.78, 5) is 0. The highest BCUT2D eigenvalue weighted by Gasteiger charge is 2.26.